The van der Waals surface area contributed by atoms with Crippen molar-refractivity contribution < 1.29 is 23.5 Å². The van der Waals surface area contributed by atoms with Gasteiger partial charge < -0.3 is 19.3 Å². The first-order chi connectivity index (χ1) is 16.7. The Bertz CT molecular complexity index is 1120. The maximum Gasteiger partial charge on any atom is 0.329 e. The lowest BCUT2D eigenvalue weighted by molar-refractivity contribution is -0.143. The normalized spacial score (nSPS) is 14.5. The van der Waals surface area contributed by atoms with Crippen molar-refractivity contribution in [3.05, 3.63) is 59.7 Å². The number of benzene rings is 2. The molecule has 0 bridgehead atoms. The standard InChI is InChI=1S/C29H45NO5Si2/c1-27(2,3)36(8,9)34-23-18-17-21(19-24(23)35-37(10,11)28(4,5)6)20-29(7,26(32)33)30-25(31)22-15-13-12-14-16-22/h12-19H,20H2,1-11H3,(H,30,31)(H,32,33)/t29-/m0/s1. The van der Waals surface area contributed by atoms with Crippen molar-refractivity contribution in [3.63, 3.8) is 0 Å². The highest BCUT2D eigenvalue weighted by molar-refractivity contribution is 6.75. The molecule has 0 saturated carbocycles. The molecule has 2 aromatic carbocycles. The molecule has 0 heterocycles. The van der Waals surface area contributed by atoms with Crippen LogP contribution in [0.5, 0.6) is 11.5 Å². The second kappa shape index (κ2) is 10.7. The minimum absolute atomic E-state index is 0.00349. The summed E-state index contributed by atoms with van der Waals surface area (Å²) in [6.07, 6.45) is 0.0924. The van der Waals surface area contributed by atoms with Crippen LogP contribution in [0.3, 0.4) is 0 Å². The van der Waals surface area contributed by atoms with E-state index in [0.717, 1.165) is 5.56 Å². The fourth-order valence-electron chi connectivity index (χ4n) is 3.18. The van der Waals surface area contributed by atoms with Crippen LogP contribution in [0.15, 0.2) is 48.5 Å². The minimum atomic E-state index is -2.22. The molecule has 204 valence electrons. The summed E-state index contributed by atoms with van der Waals surface area (Å²) in [5.41, 5.74) is -0.354. The van der Waals surface area contributed by atoms with Gasteiger partial charge in [0.1, 0.15) is 17.0 Å². The lowest BCUT2D eigenvalue weighted by Crippen LogP contribution is -2.53. The molecule has 0 spiro atoms. The summed E-state index contributed by atoms with van der Waals surface area (Å²) in [6, 6.07) is 14.3. The number of hydrogen-bond acceptors (Lipinski definition) is 4. The molecule has 0 saturated heterocycles. The van der Waals surface area contributed by atoms with Crippen LogP contribution in [0.2, 0.25) is 36.3 Å². The average molecular weight is 544 g/mol. The molecule has 0 aromatic heterocycles. The maximum atomic E-state index is 12.8. The van der Waals surface area contributed by atoms with Gasteiger partial charge in [0.15, 0.2) is 0 Å². The van der Waals surface area contributed by atoms with Crippen molar-refractivity contribution in [3.8, 4) is 11.5 Å². The molecular weight excluding hydrogens is 498 g/mol. The first-order valence-electron chi connectivity index (χ1n) is 12.8. The van der Waals surface area contributed by atoms with Gasteiger partial charge in [-0.05, 0) is 73.0 Å². The Labute approximate surface area is 225 Å². The molecule has 0 radical (unpaired) electrons. The zero-order valence-electron chi connectivity index (χ0n) is 24.4. The zero-order valence-corrected chi connectivity index (χ0v) is 26.4. The third-order valence-corrected chi connectivity index (χ3v) is 16.5. The maximum absolute atomic E-state index is 12.8. The highest BCUT2D eigenvalue weighted by atomic mass is 28.4. The number of hydrogen-bond donors (Lipinski definition) is 2. The minimum Gasteiger partial charge on any atom is -0.541 e. The van der Waals surface area contributed by atoms with Crippen LogP contribution >= 0.6 is 0 Å². The molecule has 1 atom stereocenters. The lowest BCUT2D eigenvalue weighted by atomic mass is 9.92. The second-order valence-electron chi connectivity index (χ2n) is 13.1. The molecule has 0 aliphatic heterocycles. The Hall–Kier alpha value is -2.59. The number of carbonyl (C=O) groups is 2. The lowest BCUT2D eigenvalue weighted by Gasteiger charge is -2.40. The first kappa shape index (κ1) is 30.6. The zero-order chi connectivity index (χ0) is 28.4. The number of nitrogens with one attached hydrogen (secondary N) is 1. The number of aliphatic carboxylic acids is 1. The Morgan fingerprint density at radius 1 is 0.784 bits per heavy atom. The molecule has 1 amide bonds. The molecule has 0 fully saturated rings. The number of carboxylic acid groups (broad SMARTS) is 1. The molecule has 2 rings (SSSR count). The topological polar surface area (TPSA) is 84.9 Å². The van der Waals surface area contributed by atoms with Crippen molar-refractivity contribution in [1.82, 2.24) is 5.32 Å². The number of carboxylic acids is 1. The van der Waals surface area contributed by atoms with E-state index in [2.05, 4.69) is 73.0 Å². The summed E-state index contributed by atoms with van der Waals surface area (Å²) in [5, 5.41) is 12.8. The van der Waals surface area contributed by atoms with Gasteiger partial charge in [-0.2, -0.15) is 0 Å². The largest absolute Gasteiger partial charge is 0.541 e. The molecule has 0 aliphatic carbocycles. The Morgan fingerprint density at radius 3 is 1.73 bits per heavy atom. The molecule has 0 unspecified atom stereocenters. The van der Waals surface area contributed by atoms with E-state index < -0.39 is 34.1 Å². The summed E-state index contributed by atoms with van der Waals surface area (Å²) >= 11 is 0. The van der Waals surface area contributed by atoms with E-state index >= 15 is 0 Å². The van der Waals surface area contributed by atoms with Crippen LogP contribution in [0, 0.1) is 0 Å². The second-order valence-corrected chi connectivity index (χ2v) is 22.6. The van der Waals surface area contributed by atoms with Crippen molar-refractivity contribution >= 4 is 28.5 Å². The summed E-state index contributed by atoms with van der Waals surface area (Å²) in [5.74, 6) is -0.215. The highest BCUT2D eigenvalue weighted by Crippen LogP contribution is 2.44. The summed E-state index contributed by atoms with van der Waals surface area (Å²) in [4.78, 5) is 25.2. The van der Waals surface area contributed by atoms with Crippen molar-refractivity contribution in [2.45, 2.75) is 96.7 Å². The molecule has 8 heteroatoms. The Kier molecular flexibility index (Phi) is 8.82. The van der Waals surface area contributed by atoms with Gasteiger partial charge in [0.2, 0.25) is 0 Å². The number of rotatable bonds is 9. The van der Waals surface area contributed by atoms with E-state index in [1.165, 1.54) is 6.92 Å². The number of carbonyl (C=O) groups excluding carboxylic acids is 1. The third kappa shape index (κ3) is 7.48. The molecule has 2 aromatic rings. The van der Waals surface area contributed by atoms with Crippen LogP contribution in [0.4, 0.5) is 0 Å². The van der Waals surface area contributed by atoms with Crippen molar-refractivity contribution in [2.75, 3.05) is 0 Å². The highest BCUT2D eigenvalue weighted by Gasteiger charge is 2.42. The first-order valence-corrected chi connectivity index (χ1v) is 18.6. The van der Waals surface area contributed by atoms with Crippen molar-refractivity contribution in [1.29, 1.82) is 0 Å². The van der Waals surface area contributed by atoms with E-state index in [-0.39, 0.29) is 16.5 Å². The van der Waals surface area contributed by atoms with Gasteiger partial charge in [0.05, 0.1) is 0 Å². The predicted octanol–water partition coefficient (Wildman–Crippen LogP) is 7.27. The Balaban J connectivity index is 2.49. The molecule has 2 N–H and O–H groups in total. The SMILES string of the molecule is CC(C)(C)[Si](C)(C)Oc1ccc(C[C@](C)(NC(=O)c2ccccc2)C(=O)O)cc1O[Si](C)(C)C(C)(C)C. The molecular formula is C29H45NO5Si2. The van der Waals surface area contributed by atoms with Crippen LogP contribution in [0.1, 0.15) is 64.4 Å². The Morgan fingerprint density at radius 2 is 1.27 bits per heavy atom. The van der Waals surface area contributed by atoms with Gasteiger partial charge >= 0.3 is 5.97 Å². The molecule has 0 aliphatic rings. The van der Waals surface area contributed by atoms with E-state index in [0.29, 0.717) is 17.1 Å². The predicted molar refractivity (Wildman–Crippen MR) is 156 cm³/mol. The summed E-state index contributed by atoms with van der Waals surface area (Å²) < 4.78 is 13.4. The van der Waals surface area contributed by atoms with Gasteiger partial charge in [0, 0.05) is 12.0 Å². The van der Waals surface area contributed by atoms with Crippen LogP contribution < -0.4 is 14.2 Å². The smallest absolute Gasteiger partial charge is 0.329 e. The van der Waals surface area contributed by atoms with E-state index in [9.17, 15) is 14.7 Å². The van der Waals surface area contributed by atoms with Gasteiger partial charge in [-0.25, -0.2) is 4.79 Å². The third-order valence-electron chi connectivity index (χ3n) is 7.81. The van der Waals surface area contributed by atoms with E-state index in [1.807, 2.05) is 24.3 Å². The van der Waals surface area contributed by atoms with E-state index in [1.54, 1.807) is 24.3 Å². The summed E-state index contributed by atoms with van der Waals surface area (Å²) in [6.45, 7) is 23.4. The monoisotopic (exact) mass is 543 g/mol. The number of amides is 1. The van der Waals surface area contributed by atoms with Crippen LogP contribution in [-0.2, 0) is 11.2 Å². The van der Waals surface area contributed by atoms with Gasteiger partial charge in [-0.15, -0.1) is 0 Å². The van der Waals surface area contributed by atoms with E-state index in [4.69, 9.17) is 8.85 Å². The van der Waals surface area contributed by atoms with Gasteiger partial charge in [-0.3, -0.25) is 4.79 Å². The fraction of sp³-hybridized carbons (Fsp3) is 0.517. The quantitative estimate of drug-likeness (QED) is 0.325. The summed E-state index contributed by atoms with van der Waals surface area (Å²) in [7, 11) is -4.38. The fourth-order valence-corrected chi connectivity index (χ4v) is 5.22. The van der Waals surface area contributed by atoms with Crippen molar-refractivity contribution in [2.24, 2.45) is 0 Å². The average Bonchev–Trinajstić information content (AvgIpc) is 2.74. The molecule has 37 heavy (non-hydrogen) atoms. The van der Waals surface area contributed by atoms with Gasteiger partial charge in [-0.1, -0.05) is 65.8 Å². The van der Waals surface area contributed by atoms with Crippen LogP contribution in [-0.4, -0.2) is 39.2 Å². The van der Waals surface area contributed by atoms with Crippen LogP contribution in [0.25, 0.3) is 0 Å². The van der Waals surface area contributed by atoms with Gasteiger partial charge in [0.25, 0.3) is 22.5 Å². The molecule has 6 nitrogen and oxygen atoms in total.